The van der Waals surface area contributed by atoms with Gasteiger partial charge in [0.15, 0.2) is 0 Å². The maximum absolute atomic E-state index is 9.09. The average Bonchev–Trinajstić information content (AvgIpc) is 2.17. The lowest BCUT2D eigenvalue weighted by atomic mass is 10.0. The maximum atomic E-state index is 9.09. The van der Waals surface area contributed by atoms with E-state index in [0.29, 0.717) is 5.92 Å². The molecule has 3 N–H and O–H groups in total. The van der Waals surface area contributed by atoms with Crippen molar-refractivity contribution < 1.29 is 5.11 Å². The van der Waals surface area contributed by atoms with Gasteiger partial charge in [-0.25, -0.2) is 0 Å². The van der Waals surface area contributed by atoms with E-state index in [1.54, 1.807) is 0 Å². The number of nitrogens with two attached hydrogens (primary N) is 1. The monoisotopic (exact) mass is 129 g/mol. The van der Waals surface area contributed by atoms with Crippen LogP contribution in [0, 0.1) is 5.92 Å². The van der Waals surface area contributed by atoms with Crippen molar-refractivity contribution in [3.05, 3.63) is 0 Å². The Morgan fingerprint density at radius 2 is 2.22 bits per heavy atom. The standard InChI is InChI=1S/C7H15NO/c8-4-3-6-1-2-7(9)5-6/h6-7,9H,1-5,8H2/t6-,7+/m0/s1. The molecular weight excluding hydrogens is 114 g/mol. The molecule has 9 heavy (non-hydrogen) atoms. The first-order valence-corrected chi connectivity index (χ1v) is 3.71. The van der Waals surface area contributed by atoms with Crippen LogP contribution in [0.2, 0.25) is 0 Å². The number of hydrogen-bond donors (Lipinski definition) is 2. The Morgan fingerprint density at radius 3 is 2.67 bits per heavy atom. The van der Waals surface area contributed by atoms with Crippen LogP contribution in [-0.2, 0) is 0 Å². The highest BCUT2D eigenvalue weighted by Crippen LogP contribution is 2.27. The summed E-state index contributed by atoms with van der Waals surface area (Å²) in [6.07, 6.45) is 4.22. The number of rotatable bonds is 2. The highest BCUT2D eigenvalue weighted by Gasteiger charge is 2.21. The normalized spacial score (nSPS) is 35.3. The van der Waals surface area contributed by atoms with Crippen LogP contribution >= 0.6 is 0 Å². The molecule has 1 aliphatic rings. The van der Waals surface area contributed by atoms with E-state index in [1.807, 2.05) is 0 Å². The molecule has 0 saturated heterocycles. The molecule has 0 bridgehead atoms. The first-order chi connectivity index (χ1) is 4.33. The van der Waals surface area contributed by atoms with Crippen molar-refractivity contribution in [2.24, 2.45) is 11.7 Å². The molecule has 0 aromatic carbocycles. The zero-order valence-corrected chi connectivity index (χ0v) is 5.71. The third-order valence-corrected chi connectivity index (χ3v) is 2.09. The minimum atomic E-state index is -0.0263. The third kappa shape index (κ3) is 1.95. The van der Waals surface area contributed by atoms with Crippen LogP contribution in [0.3, 0.4) is 0 Å². The fourth-order valence-electron chi connectivity index (χ4n) is 1.55. The molecular formula is C7H15NO. The molecule has 2 atom stereocenters. The second-order valence-electron chi connectivity index (χ2n) is 2.91. The second-order valence-corrected chi connectivity index (χ2v) is 2.91. The number of hydrogen-bond acceptors (Lipinski definition) is 2. The van der Waals surface area contributed by atoms with Crippen molar-refractivity contribution in [3.63, 3.8) is 0 Å². The highest BCUT2D eigenvalue weighted by atomic mass is 16.3. The van der Waals surface area contributed by atoms with Gasteiger partial charge >= 0.3 is 0 Å². The lowest BCUT2D eigenvalue weighted by Gasteiger charge is -2.04. The first kappa shape index (κ1) is 7.03. The van der Waals surface area contributed by atoms with E-state index in [1.165, 1.54) is 6.42 Å². The molecule has 0 radical (unpaired) electrons. The summed E-state index contributed by atoms with van der Waals surface area (Å²) in [6.45, 7) is 0.775. The van der Waals surface area contributed by atoms with Gasteiger partial charge in [-0.15, -0.1) is 0 Å². The van der Waals surface area contributed by atoms with Gasteiger partial charge in [0, 0.05) is 0 Å². The van der Waals surface area contributed by atoms with Crippen molar-refractivity contribution in [1.82, 2.24) is 0 Å². The molecule has 0 heterocycles. The minimum Gasteiger partial charge on any atom is -0.393 e. The summed E-state index contributed by atoms with van der Waals surface area (Å²) in [5, 5.41) is 9.09. The Labute approximate surface area is 56.1 Å². The molecule has 54 valence electrons. The summed E-state index contributed by atoms with van der Waals surface area (Å²) < 4.78 is 0. The Bertz CT molecular complexity index is 83.0. The van der Waals surface area contributed by atoms with Crippen molar-refractivity contribution in [1.29, 1.82) is 0 Å². The van der Waals surface area contributed by atoms with Gasteiger partial charge in [0.2, 0.25) is 0 Å². The van der Waals surface area contributed by atoms with E-state index in [9.17, 15) is 0 Å². The summed E-state index contributed by atoms with van der Waals surface area (Å²) in [5.74, 6) is 0.713. The van der Waals surface area contributed by atoms with Gasteiger partial charge in [-0.1, -0.05) is 0 Å². The molecule has 0 aromatic rings. The van der Waals surface area contributed by atoms with Crippen molar-refractivity contribution in [2.75, 3.05) is 6.54 Å². The van der Waals surface area contributed by atoms with Gasteiger partial charge in [-0.2, -0.15) is 0 Å². The van der Waals surface area contributed by atoms with Crippen LogP contribution in [-0.4, -0.2) is 17.8 Å². The van der Waals surface area contributed by atoms with E-state index < -0.39 is 0 Å². The zero-order chi connectivity index (χ0) is 6.69. The van der Waals surface area contributed by atoms with E-state index in [2.05, 4.69) is 0 Å². The summed E-state index contributed by atoms with van der Waals surface area (Å²) >= 11 is 0. The molecule has 2 nitrogen and oxygen atoms in total. The summed E-state index contributed by atoms with van der Waals surface area (Å²) in [7, 11) is 0. The first-order valence-electron chi connectivity index (χ1n) is 3.71. The van der Waals surface area contributed by atoms with Gasteiger partial charge in [0.25, 0.3) is 0 Å². The van der Waals surface area contributed by atoms with Gasteiger partial charge < -0.3 is 10.8 Å². The molecule has 1 rings (SSSR count). The minimum absolute atomic E-state index is 0.0263. The SMILES string of the molecule is NCC[C@@H]1CC[C@@H](O)C1. The van der Waals surface area contributed by atoms with Crippen molar-refractivity contribution >= 4 is 0 Å². The van der Waals surface area contributed by atoms with Crippen LogP contribution in [0.1, 0.15) is 25.7 Å². The largest absolute Gasteiger partial charge is 0.393 e. The van der Waals surface area contributed by atoms with Gasteiger partial charge in [0.1, 0.15) is 0 Å². The molecule has 0 spiro atoms. The van der Waals surface area contributed by atoms with Crippen LogP contribution < -0.4 is 5.73 Å². The smallest absolute Gasteiger partial charge is 0.0543 e. The number of aliphatic hydroxyl groups is 1. The van der Waals surface area contributed by atoms with E-state index in [0.717, 1.165) is 25.8 Å². The Morgan fingerprint density at radius 1 is 1.44 bits per heavy atom. The fourth-order valence-corrected chi connectivity index (χ4v) is 1.55. The molecule has 1 saturated carbocycles. The topological polar surface area (TPSA) is 46.2 Å². The van der Waals surface area contributed by atoms with Crippen molar-refractivity contribution in [3.8, 4) is 0 Å². The van der Waals surface area contributed by atoms with E-state index in [4.69, 9.17) is 10.8 Å². The summed E-state index contributed by atoms with van der Waals surface area (Å²) in [4.78, 5) is 0. The predicted molar refractivity (Wildman–Crippen MR) is 37.0 cm³/mol. The summed E-state index contributed by atoms with van der Waals surface area (Å²) in [5.41, 5.74) is 5.37. The fraction of sp³-hybridized carbons (Fsp3) is 1.00. The lowest BCUT2D eigenvalue weighted by Crippen LogP contribution is -2.06. The van der Waals surface area contributed by atoms with Crippen LogP contribution in [0.5, 0.6) is 0 Å². The second kappa shape index (κ2) is 3.18. The van der Waals surface area contributed by atoms with E-state index in [-0.39, 0.29) is 6.10 Å². The van der Waals surface area contributed by atoms with E-state index >= 15 is 0 Å². The Balaban J connectivity index is 2.14. The zero-order valence-electron chi connectivity index (χ0n) is 5.71. The molecule has 0 aromatic heterocycles. The molecule has 0 amide bonds. The summed E-state index contributed by atoms with van der Waals surface area (Å²) in [6, 6.07) is 0. The lowest BCUT2D eigenvalue weighted by molar-refractivity contribution is 0.177. The van der Waals surface area contributed by atoms with Crippen LogP contribution in [0.15, 0.2) is 0 Å². The molecule has 0 aliphatic heterocycles. The molecule has 2 heteroatoms. The Hall–Kier alpha value is -0.0800. The number of aliphatic hydroxyl groups excluding tert-OH is 1. The third-order valence-electron chi connectivity index (χ3n) is 2.09. The molecule has 1 aliphatic carbocycles. The molecule has 0 unspecified atom stereocenters. The van der Waals surface area contributed by atoms with Crippen molar-refractivity contribution in [2.45, 2.75) is 31.8 Å². The van der Waals surface area contributed by atoms with Gasteiger partial charge in [-0.05, 0) is 38.1 Å². The Kier molecular flexibility index (Phi) is 2.49. The maximum Gasteiger partial charge on any atom is 0.0543 e. The van der Waals surface area contributed by atoms with Crippen LogP contribution in [0.25, 0.3) is 0 Å². The van der Waals surface area contributed by atoms with Crippen LogP contribution in [0.4, 0.5) is 0 Å². The molecule has 1 fully saturated rings. The quantitative estimate of drug-likeness (QED) is 0.570. The van der Waals surface area contributed by atoms with Gasteiger partial charge in [-0.3, -0.25) is 0 Å². The van der Waals surface area contributed by atoms with Gasteiger partial charge in [0.05, 0.1) is 6.10 Å². The highest BCUT2D eigenvalue weighted by molar-refractivity contribution is 4.74. The predicted octanol–water partition coefficient (Wildman–Crippen LogP) is 0.496. The average molecular weight is 129 g/mol.